The second-order valence-electron chi connectivity index (χ2n) is 7.37. The Labute approximate surface area is 189 Å². The third-order valence-electron chi connectivity index (χ3n) is 5.68. The van der Waals surface area contributed by atoms with Crippen molar-refractivity contribution in [1.82, 2.24) is 19.6 Å². The second-order valence-corrected chi connectivity index (χ2v) is 8.10. The number of nitriles is 1. The molecule has 0 aliphatic carbocycles. The van der Waals surface area contributed by atoms with Crippen LogP contribution in [-0.4, -0.2) is 81.6 Å². The van der Waals surface area contributed by atoms with Crippen LogP contribution in [0.4, 0.5) is 0 Å². The minimum atomic E-state index is -1.36. The van der Waals surface area contributed by atoms with Gasteiger partial charge < -0.3 is 0 Å². The van der Waals surface area contributed by atoms with Gasteiger partial charge in [0.05, 0.1) is 11.6 Å². The first-order valence-corrected chi connectivity index (χ1v) is 10.0. The van der Waals surface area contributed by atoms with E-state index >= 15 is 0 Å². The minimum Gasteiger partial charge on any atom is -0.291 e. The van der Waals surface area contributed by atoms with Crippen LogP contribution in [0.25, 0.3) is 0 Å². The molecule has 2 aliphatic heterocycles. The third kappa shape index (κ3) is 3.47. The molecular formula is C20H19N5O4S2. The van der Waals surface area contributed by atoms with Gasteiger partial charge in [0.2, 0.25) is 23.6 Å². The van der Waals surface area contributed by atoms with E-state index in [9.17, 15) is 19.2 Å². The fraction of sp³-hybridized carbons (Fsp3) is 0.350. The van der Waals surface area contributed by atoms with Crippen LogP contribution in [0.3, 0.4) is 0 Å². The summed E-state index contributed by atoms with van der Waals surface area (Å²) in [4.78, 5) is 57.3. The summed E-state index contributed by atoms with van der Waals surface area (Å²) in [5.41, 5.74) is 0.762. The number of rotatable bonds is 3. The van der Waals surface area contributed by atoms with Crippen LogP contribution in [0.1, 0.15) is 17.0 Å². The van der Waals surface area contributed by atoms with E-state index in [2.05, 4.69) is 0 Å². The monoisotopic (exact) mass is 457 g/mol. The summed E-state index contributed by atoms with van der Waals surface area (Å²) >= 11 is 10.3. The number of benzene rings is 1. The predicted molar refractivity (Wildman–Crippen MR) is 117 cm³/mol. The van der Waals surface area contributed by atoms with Crippen molar-refractivity contribution < 1.29 is 19.2 Å². The Bertz CT molecular complexity index is 960. The third-order valence-corrected chi connectivity index (χ3v) is 6.77. The standard InChI is InChI=1S/C20H19N5O4S2/c1-22-15(26)13(16(27)23(2)19(22)30)12(11-7-5-10(9-21)6-8-11)14-17(28)24(3)20(31)25(4)18(14)29/h5-8,12-14H,1-4H3. The molecule has 160 valence electrons. The fourth-order valence-corrected chi connectivity index (χ4v) is 4.20. The summed E-state index contributed by atoms with van der Waals surface area (Å²) in [5.74, 6) is -6.28. The van der Waals surface area contributed by atoms with Gasteiger partial charge in [-0.1, -0.05) is 12.1 Å². The Balaban J connectivity index is 2.21. The first-order valence-electron chi connectivity index (χ1n) is 9.21. The maximum Gasteiger partial charge on any atom is 0.241 e. The summed E-state index contributed by atoms with van der Waals surface area (Å²) in [5, 5.41) is 9.17. The van der Waals surface area contributed by atoms with Crippen molar-refractivity contribution in [2.24, 2.45) is 11.8 Å². The van der Waals surface area contributed by atoms with Crippen molar-refractivity contribution in [2.45, 2.75) is 5.92 Å². The normalized spacial score (nSPS) is 19.1. The van der Waals surface area contributed by atoms with E-state index in [1.54, 1.807) is 12.1 Å². The average Bonchev–Trinajstić information content (AvgIpc) is 2.78. The lowest BCUT2D eigenvalue weighted by Crippen LogP contribution is -2.63. The number of amides is 4. The lowest BCUT2D eigenvalue weighted by molar-refractivity contribution is -0.152. The molecule has 0 atom stereocenters. The molecule has 2 aliphatic rings. The van der Waals surface area contributed by atoms with E-state index in [1.807, 2.05) is 6.07 Å². The molecule has 0 saturated carbocycles. The van der Waals surface area contributed by atoms with Crippen LogP contribution in [0.5, 0.6) is 0 Å². The summed E-state index contributed by atoms with van der Waals surface area (Å²) < 4.78 is 0. The quantitative estimate of drug-likeness (QED) is 0.475. The molecule has 0 bridgehead atoms. The van der Waals surface area contributed by atoms with Crippen molar-refractivity contribution in [3.05, 3.63) is 35.4 Å². The number of thiocarbonyl (C=S) groups is 2. The van der Waals surface area contributed by atoms with E-state index in [0.29, 0.717) is 11.1 Å². The van der Waals surface area contributed by atoms with Gasteiger partial charge in [-0.2, -0.15) is 5.26 Å². The summed E-state index contributed by atoms with van der Waals surface area (Å²) in [7, 11) is 5.76. The van der Waals surface area contributed by atoms with Gasteiger partial charge in [0.15, 0.2) is 10.2 Å². The van der Waals surface area contributed by atoms with Crippen molar-refractivity contribution >= 4 is 58.3 Å². The van der Waals surface area contributed by atoms with Gasteiger partial charge in [-0.3, -0.25) is 38.8 Å². The summed E-state index contributed by atoms with van der Waals surface area (Å²) in [6.45, 7) is 0. The van der Waals surface area contributed by atoms with Gasteiger partial charge in [-0.05, 0) is 42.1 Å². The molecule has 0 unspecified atom stereocenters. The molecule has 31 heavy (non-hydrogen) atoms. The fourth-order valence-electron chi connectivity index (χ4n) is 3.84. The van der Waals surface area contributed by atoms with E-state index in [-0.39, 0.29) is 10.2 Å². The Morgan fingerprint density at radius 3 is 1.35 bits per heavy atom. The Morgan fingerprint density at radius 1 is 0.742 bits per heavy atom. The Kier molecular flexibility index (Phi) is 5.89. The van der Waals surface area contributed by atoms with Crippen LogP contribution >= 0.6 is 24.4 Å². The zero-order valence-corrected chi connectivity index (χ0v) is 18.9. The van der Waals surface area contributed by atoms with Crippen molar-refractivity contribution in [3.8, 4) is 6.07 Å². The smallest absolute Gasteiger partial charge is 0.241 e. The lowest BCUT2D eigenvalue weighted by Gasteiger charge is -2.43. The highest BCUT2D eigenvalue weighted by atomic mass is 32.1. The van der Waals surface area contributed by atoms with Crippen molar-refractivity contribution in [2.75, 3.05) is 28.2 Å². The first kappa shape index (κ1) is 22.5. The molecule has 1 aromatic rings. The zero-order chi connectivity index (χ0) is 23.2. The van der Waals surface area contributed by atoms with E-state index < -0.39 is 41.4 Å². The summed E-state index contributed by atoms with van der Waals surface area (Å²) in [6.07, 6.45) is 0. The van der Waals surface area contributed by atoms with Gasteiger partial charge in [0.1, 0.15) is 11.8 Å². The van der Waals surface area contributed by atoms with Gasteiger partial charge in [-0.15, -0.1) is 0 Å². The predicted octanol–water partition coefficient (Wildman–Crippen LogP) is 0.305. The molecule has 0 radical (unpaired) electrons. The van der Waals surface area contributed by atoms with Crippen LogP contribution in [0, 0.1) is 23.2 Å². The number of hydrogen-bond donors (Lipinski definition) is 0. The number of carbonyl (C=O) groups excluding carboxylic acids is 4. The van der Waals surface area contributed by atoms with Crippen LogP contribution in [0.15, 0.2) is 24.3 Å². The highest BCUT2D eigenvalue weighted by Gasteiger charge is 2.54. The maximum atomic E-state index is 13.2. The number of nitrogens with zero attached hydrogens (tertiary/aromatic N) is 5. The molecule has 4 amide bonds. The second kappa shape index (κ2) is 8.13. The van der Waals surface area contributed by atoms with Crippen molar-refractivity contribution in [3.63, 3.8) is 0 Å². The molecule has 0 aromatic heterocycles. The molecule has 2 saturated heterocycles. The number of hydrogen-bond acceptors (Lipinski definition) is 7. The molecule has 1 aromatic carbocycles. The molecule has 0 N–H and O–H groups in total. The van der Waals surface area contributed by atoms with Gasteiger partial charge in [-0.25, -0.2) is 0 Å². The van der Waals surface area contributed by atoms with E-state index in [4.69, 9.17) is 29.7 Å². The van der Waals surface area contributed by atoms with Gasteiger partial charge in [0, 0.05) is 34.1 Å². The molecule has 2 fully saturated rings. The summed E-state index contributed by atoms with van der Waals surface area (Å²) in [6, 6.07) is 8.10. The van der Waals surface area contributed by atoms with E-state index in [0.717, 1.165) is 19.6 Å². The van der Waals surface area contributed by atoms with Crippen LogP contribution in [0.2, 0.25) is 0 Å². The maximum absolute atomic E-state index is 13.2. The molecular weight excluding hydrogens is 438 g/mol. The van der Waals surface area contributed by atoms with Gasteiger partial charge >= 0.3 is 0 Å². The highest BCUT2D eigenvalue weighted by Crippen LogP contribution is 2.40. The van der Waals surface area contributed by atoms with Crippen molar-refractivity contribution in [1.29, 1.82) is 5.26 Å². The minimum absolute atomic E-state index is 0.0292. The average molecular weight is 458 g/mol. The largest absolute Gasteiger partial charge is 0.291 e. The first-order chi connectivity index (χ1) is 14.5. The topological polar surface area (TPSA) is 105 Å². The van der Waals surface area contributed by atoms with Crippen LogP contribution < -0.4 is 0 Å². The molecule has 3 rings (SSSR count). The molecule has 9 nitrogen and oxygen atoms in total. The van der Waals surface area contributed by atoms with Crippen LogP contribution in [-0.2, 0) is 19.2 Å². The van der Waals surface area contributed by atoms with Gasteiger partial charge in [0.25, 0.3) is 0 Å². The molecule has 0 spiro atoms. The Hall–Kier alpha value is -3.23. The molecule has 11 heteroatoms. The van der Waals surface area contributed by atoms with E-state index in [1.165, 1.54) is 40.3 Å². The highest BCUT2D eigenvalue weighted by molar-refractivity contribution is 7.80. The SMILES string of the molecule is CN1C(=O)C(C(c2ccc(C#N)cc2)C2C(=O)N(C)C(=S)N(C)C2=O)C(=O)N(C)C1=S. The lowest BCUT2D eigenvalue weighted by atomic mass is 9.73. The molecule has 2 heterocycles. The number of carbonyl (C=O) groups is 4. The zero-order valence-electron chi connectivity index (χ0n) is 17.2. The Morgan fingerprint density at radius 2 is 1.06 bits per heavy atom.